The van der Waals surface area contributed by atoms with Crippen molar-refractivity contribution in [2.45, 2.75) is 52.9 Å². The predicted molar refractivity (Wildman–Crippen MR) is 99.8 cm³/mol. The highest BCUT2D eigenvalue weighted by Crippen LogP contribution is 2.34. The Morgan fingerprint density at radius 1 is 1.13 bits per heavy atom. The van der Waals surface area contributed by atoms with Gasteiger partial charge in [0, 0.05) is 0 Å². The summed E-state index contributed by atoms with van der Waals surface area (Å²) >= 11 is 0. The number of nitrogens with zero attached hydrogens (tertiary/aromatic N) is 1. The van der Waals surface area contributed by atoms with Crippen molar-refractivity contribution in [2.75, 3.05) is 0 Å². The first-order valence-electron chi connectivity index (χ1n) is 7.74. The molecule has 0 fully saturated rings. The minimum Gasteiger partial charge on any atom is -0.282 e. The van der Waals surface area contributed by atoms with Gasteiger partial charge in [0.05, 0.1) is 5.69 Å². The van der Waals surface area contributed by atoms with Crippen molar-refractivity contribution in [1.29, 1.82) is 0 Å². The molecular weight excluding hydrogens is 310 g/mol. The average Bonchev–Trinajstić information content (AvgIpc) is 2.48. The summed E-state index contributed by atoms with van der Waals surface area (Å²) in [6, 6.07) is 7.14. The lowest BCUT2D eigenvalue weighted by atomic mass is 10.0. The second-order valence-electron chi connectivity index (χ2n) is 4.91. The Hall–Kier alpha value is -1.72. The minimum atomic E-state index is -4.31. The van der Waals surface area contributed by atoms with Gasteiger partial charge in [-0.15, -0.1) is 0 Å². The van der Waals surface area contributed by atoms with E-state index in [-0.39, 0.29) is 10.6 Å². The zero-order valence-electron chi connectivity index (χ0n) is 14.8. The third-order valence-electron chi connectivity index (χ3n) is 2.92. The molecule has 2 aromatic rings. The third kappa shape index (κ3) is 5.44. The molecule has 0 aromatic heterocycles. The van der Waals surface area contributed by atoms with E-state index in [0.717, 1.165) is 16.3 Å². The van der Waals surface area contributed by atoms with Crippen molar-refractivity contribution in [3.8, 4) is 0 Å². The number of fused-ring (bicyclic) bond motifs is 1. The lowest BCUT2D eigenvalue weighted by Gasteiger charge is -2.10. The molecule has 0 atom stereocenters. The van der Waals surface area contributed by atoms with E-state index in [4.69, 9.17) is 0 Å². The Kier molecular flexibility index (Phi) is 8.72. The Labute approximate surface area is 140 Å². The summed E-state index contributed by atoms with van der Waals surface area (Å²) in [6.07, 6.45) is 1.25. The summed E-state index contributed by atoms with van der Waals surface area (Å²) in [6.45, 7) is 15.3. The van der Waals surface area contributed by atoms with E-state index < -0.39 is 10.1 Å². The van der Waals surface area contributed by atoms with Gasteiger partial charge in [0.25, 0.3) is 10.1 Å². The van der Waals surface area contributed by atoms with Crippen LogP contribution in [0.4, 0.5) is 5.69 Å². The summed E-state index contributed by atoms with van der Waals surface area (Å²) in [5.74, 6) is 0. The first-order chi connectivity index (χ1) is 10.8. The molecule has 0 radical (unpaired) electrons. The van der Waals surface area contributed by atoms with Gasteiger partial charge in [0.2, 0.25) is 0 Å². The molecule has 1 N–H and O–H groups in total. The summed E-state index contributed by atoms with van der Waals surface area (Å²) in [5.41, 5.74) is 1.91. The number of aryl methyl sites for hydroxylation is 2. The fourth-order valence-electron chi connectivity index (χ4n) is 2.06. The molecule has 0 heterocycles. The highest BCUT2D eigenvalue weighted by Gasteiger charge is 2.18. The second kappa shape index (κ2) is 9.43. The topological polar surface area (TPSA) is 66.7 Å². The molecule has 0 unspecified atom stereocenters. The van der Waals surface area contributed by atoms with Gasteiger partial charge in [0.15, 0.2) is 0 Å². The van der Waals surface area contributed by atoms with Gasteiger partial charge in [0.1, 0.15) is 4.90 Å². The lowest BCUT2D eigenvalue weighted by Crippen LogP contribution is -2.00. The maximum Gasteiger partial charge on any atom is 0.296 e. The van der Waals surface area contributed by atoms with Crippen LogP contribution in [0.15, 0.2) is 34.2 Å². The van der Waals surface area contributed by atoms with E-state index in [1.165, 1.54) is 12.5 Å². The minimum absolute atomic E-state index is 0.201. The first kappa shape index (κ1) is 21.3. The van der Waals surface area contributed by atoms with Gasteiger partial charge in [-0.1, -0.05) is 57.9 Å². The molecule has 0 saturated heterocycles. The standard InChI is InChI=1S/C13H13NO3S.C3H8.C2H6/c1-8-4-5-11-9(2)13(14-3)12(18(15,16)17)7-10(11)6-8;1-3-2;1-2/h4-7H,3H2,1-2H3,(H,15,16,17);3H2,1-2H3;1-2H3. The Balaban J connectivity index is 0.000000868. The van der Waals surface area contributed by atoms with Crippen molar-refractivity contribution < 1.29 is 13.0 Å². The van der Waals surface area contributed by atoms with Crippen LogP contribution >= 0.6 is 0 Å². The van der Waals surface area contributed by atoms with Gasteiger partial charge in [-0.2, -0.15) is 8.42 Å². The lowest BCUT2D eigenvalue weighted by molar-refractivity contribution is 0.483. The van der Waals surface area contributed by atoms with Crippen LogP contribution in [0.3, 0.4) is 0 Å². The van der Waals surface area contributed by atoms with Crippen molar-refractivity contribution in [3.63, 3.8) is 0 Å². The molecular formula is C18H27NO3S. The number of aliphatic imine (C=N–C) groups is 1. The molecule has 0 aliphatic carbocycles. The molecule has 0 amide bonds. The van der Waals surface area contributed by atoms with Gasteiger partial charge < -0.3 is 0 Å². The zero-order chi connectivity index (χ0) is 18.2. The molecule has 0 aliphatic rings. The van der Waals surface area contributed by atoms with Gasteiger partial charge in [-0.25, -0.2) is 0 Å². The summed E-state index contributed by atoms with van der Waals surface area (Å²) in [7, 11) is -4.31. The SMILES string of the molecule is C=Nc1c(S(=O)(=O)O)cc2cc(C)ccc2c1C.CC.CCC. The average molecular weight is 337 g/mol. The first-order valence-corrected chi connectivity index (χ1v) is 9.18. The molecule has 0 aliphatic heterocycles. The van der Waals surface area contributed by atoms with Crippen LogP contribution < -0.4 is 0 Å². The Morgan fingerprint density at radius 3 is 2.09 bits per heavy atom. The molecule has 4 nitrogen and oxygen atoms in total. The number of rotatable bonds is 2. The quantitative estimate of drug-likeness (QED) is 0.583. The van der Waals surface area contributed by atoms with E-state index in [1.54, 1.807) is 6.92 Å². The summed E-state index contributed by atoms with van der Waals surface area (Å²) in [5, 5.41) is 1.66. The number of benzene rings is 2. The van der Waals surface area contributed by atoms with Crippen molar-refractivity contribution in [1.82, 2.24) is 0 Å². The van der Waals surface area contributed by atoms with Crippen LogP contribution in [0.1, 0.15) is 45.2 Å². The van der Waals surface area contributed by atoms with Crippen molar-refractivity contribution in [2.24, 2.45) is 4.99 Å². The number of hydrogen-bond acceptors (Lipinski definition) is 3. The van der Waals surface area contributed by atoms with Gasteiger partial charge in [-0.3, -0.25) is 9.55 Å². The Morgan fingerprint density at radius 2 is 1.65 bits per heavy atom. The van der Waals surface area contributed by atoms with Crippen LogP contribution in [-0.4, -0.2) is 19.7 Å². The van der Waals surface area contributed by atoms with E-state index in [0.29, 0.717) is 5.56 Å². The third-order valence-corrected chi connectivity index (χ3v) is 3.79. The van der Waals surface area contributed by atoms with Crippen LogP contribution in [0.25, 0.3) is 10.8 Å². The normalized spacial score (nSPS) is 10.2. The maximum atomic E-state index is 11.4. The molecule has 0 saturated carbocycles. The summed E-state index contributed by atoms with van der Waals surface area (Å²) in [4.78, 5) is 3.52. The largest absolute Gasteiger partial charge is 0.296 e. The highest BCUT2D eigenvalue weighted by atomic mass is 32.2. The van der Waals surface area contributed by atoms with Crippen LogP contribution in [0.5, 0.6) is 0 Å². The van der Waals surface area contributed by atoms with Crippen LogP contribution in [0.2, 0.25) is 0 Å². The zero-order valence-corrected chi connectivity index (χ0v) is 15.7. The monoisotopic (exact) mass is 337 g/mol. The fourth-order valence-corrected chi connectivity index (χ4v) is 2.80. The van der Waals surface area contributed by atoms with Crippen molar-refractivity contribution in [3.05, 3.63) is 35.4 Å². The van der Waals surface area contributed by atoms with Crippen LogP contribution in [0, 0.1) is 13.8 Å². The van der Waals surface area contributed by atoms with Crippen LogP contribution in [-0.2, 0) is 10.1 Å². The maximum absolute atomic E-state index is 11.4. The smallest absolute Gasteiger partial charge is 0.282 e. The number of hydrogen-bond donors (Lipinski definition) is 1. The predicted octanol–water partition coefficient (Wildman–Crippen LogP) is 5.48. The molecule has 5 heteroatoms. The van der Waals surface area contributed by atoms with Crippen molar-refractivity contribution >= 4 is 33.3 Å². The summed E-state index contributed by atoms with van der Waals surface area (Å²) < 4.78 is 32.0. The highest BCUT2D eigenvalue weighted by molar-refractivity contribution is 7.86. The van der Waals surface area contributed by atoms with E-state index in [9.17, 15) is 13.0 Å². The second-order valence-corrected chi connectivity index (χ2v) is 6.30. The fraction of sp³-hybridized carbons (Fsp3) is 0.389. The van der Waals surface area contributed by atoms with Gasteiger partial charge >= 0.3 is 0 Å². The van der Waals surface area contributed by atoms with E-state index in [2.05, 4.69) is 25.6 Å². The van der Waals surface area contributed by atoms with E-state index >= 15 is 0 Å². The molecule has 128 valence electrons. The Bertz CT molecular complexity index is 765. The molecule has 23 heavy (non-hydrogen) atoms. The van der Waals surface area contributed by atoms with E-state index in [1.807, 2.05) is 39.0 Å². The molecule has 2 rings (SSSR count). The van der Waals surface area contributed by atoms with Gasteiger partial charge in [-0.05, 0) is 43.0 Å². The molecule has 2 aromatic carbocycles. The molecule has 0 spiro atoms. The molecule has 0 bridgehead atoms.